The summed E-state index contributed by atoms with van der Waals surface area (Å²) in [4.78, 5) is 15.4. The number of rotatable bonds is 6. The number of nitrogens with one attached hydrogen (secondary N) is 1. The molecule has 0 aromatic carbocycles. The van der Waals surface area contributed by atoms with E-state index < -0.39 is 0 Å². The number of ether oxygens (including phenoxy) is 2. The summed E-state index contributed by atoms with van der Waals surface area (Å²) >= 11 is 0. The van der Waals surface area contributed by atoms with Crippen molar-refractivity contribution < 1.29 is 14.3 Å². The summed E-state index contributed by atoms with van der Waals surface area (Å²) < 4.78 is 9.72. The van der Waals surface area contributed by atoms with Gasteiger partial charge in [0.25, 0.3) is 0 Å². The Morgan fingerprint density at radius 2 is 2.29 bits per heavy atom. The second-order valence-corrected chi connectivity index (χ2v) is 3.57. The van der Waals surface area contributed by atoms with Gasteiger partial charge in [0.1, 0.15) is 6.04 Å². The van der Waals surface area contributed by atoms with Gasteiger partial charge in [0.05, 0.1) is 14.2 Å². The number of pyridine rings is 1. The number of hydrogen-bond acceptors (Lipinski definition) is 5. The van der Waals surface area contributed by atoms with Crippen molar-refractivity contribution >= 4 is 5.97 Å². The molecule has 1 unspecified atom stereocenters. The molecule has 0 bridgehead atoms. The summed E-state index contributed by atoms with van der Waals surface area (Å²) in [6.45, 7) is 2.51. The monoisotopic (exact) mass is 238 g/mol. The minimum Gasteiger partial charge on any atom is -0.481 e. The summed E-state index contributed by atoms with van der Waals surface area (Å²) in [5.41, 5.74) is 1.01. The minimum absolute atomic E-state index is 0.242. The fraction of sp³-hybridized carbons (Fsp3) is 0.500. The van der Waals surface area contributed by atoms with Crippen LogP contribution in [0.3, 0.4) is 0 Å². The van der Waals surface area contributed by atoms with Gasteiger partial charge < -0.3 is 14.8 Å². The van der Waals surface area contributed by atoms with Crippen LogP contribution in [0.1, 0.15) is 18.9 Å². The van der Waals surface area contributed by atoms with Crippen LogP contribution in [0.15, 0.2) is 18.3 Å². The highest BCUT2D eigenvalue weighted by Gasteiger charge is 2.15. The molecule has 0 aliphatic carbocycles. The molecule has 94 valence electrons. The van der Waals surface area contributed by atoms with Gasteiger partial charge in [-0.25, -0.2) is 4.98 Å². The maximum atomic E-state index is 11.4. The van der Waals surface area contributed by atoms with Crippen LogP contribution in [0.5, 0.6) is 5.88 Å². The Balaban J connectivity index is 2.56. The quantitative estimate of drug-likeness (QED) is 0.753. The Morgan fingerprint density at radius 3 is 2.88 bits per heavy atom. The third-order valence-electron chi connectivity index (χ3n) is 2.45. The van der Waals surface area contributed by atoms with Crippen LogP contribution in [0.2, 0.25) is 0 Å². The molecule has 5 heteroatoms. The van der Waals surface area contributed by atoms with Crippen molar-refractivity contribution in [3.63, 3.8) is 0 Å². The van der Waals surface area contributed by atoms with Gasteiger partial charge in [-0.05, 0) is 18.1 Å². The standard InChI is InChI=1S/C12H18N2O3/c1-4-10(12(15)17-3)14-8-9-5-6-13-11(7-9)16-2/h5-7,10,14H,4,8H2,1-3H3. The lowest BCUT2D eigenvalue weighted by molar-refractivity contribution is -0.143. The normalized spacial score (nSPS) is 11.9. The number of nitrogens with zero attached hydrogens (tertiary/aromatic N) is 1. The van der Waals surface area contributed by atoms with Gasteiger partial charge in [0.15, 0.2) is 0 Å². The fourth-order valence-electron chi connectivity index (χ4n) is 1.45. The first-order chi connectivity index (χ1) is 8.21. The molecule has 17 heavy (non-hydrogen) atoms. The third kappa shape index (κ3) is 4.03. The molecule has 0 saturated heterocycles. The average Bonchev–Trinajstić information content (AvgIpc) is 2.39. The number of hydrogen-bond donors (Lipinski definition) is 1. The molecule has 0 saturated carbocycles. The molecule has 0 aliphatic rings. The smallest absolute Gasteiger partial charge is 0.322 e. The average molecular weight is 238 g/mol. The molecule has 1 aromatic rings. The van der Waals surface area contributed by atoms with E-state index in [2.05, 4.69) is 10.3 Å². The molecule has 1 aromatic heterocycles. The minimum atomic E-state index is -0.279. The highest BCUT2D eigenvalue weighted by molar-refractivity contribution is 5.75. The molecule has 0 amide bonds. The summed E-state index contributed by atoms with van der Waals surface area (Å²) in [6, 6.07) is 3.43. The highest BCUT2D eigenvalue weighted by Crippen LogP contribution is 2.08. The van der Waals surface area contributed by atoms with Gasteiger partial charge in [-0.2, -0.15) is 0 Å². The van der Waals surface area contributed by atoms with Crippen molar-refractivity contribution in [3.05, 3.63) is 23.9 Å². The van der Waals surface area contributed by atoms with Crippen molar-refractivity contribution in [2.24, 2.45) is 0 Å². The number of carbonyl (C=O) groups is 1. The maximum absolute atomic E-state index is 11.4. The van der Waals surface area contributed by atoms with Crippen LogP contribution in [-0.2, 0) is 16.1 Å². The van der Waals surface area contributed by atoms with Gasteiger partial charge in [-0.1, -0.05) is 6.92 Å². The predicted molar refractivity (Wildman–Crippen MR) is 63.7 cm³/mol. The summed E-state index contributed by atoms with van der Waals surface area (Å²) in [5.74, 6) is 0.323. The molecule has 1 N–H and O–H groups in total. The van der Waals surface area contributed by atoms with Crippen LogP contribution in [0.4, 0.5) is 0 Å². The lowest BCUT2D eigenvalue weighted by Gasteiger charge is -2.14. The van der Waals surface area contributed by atoms with Crippen LogP contribution >= 0.6 is 0 Å². The largest absolute Gasteiger partial charge is 0.481 e. The van der Waals surface area contributed by atoms with E-state index in [0.717, 1.165) is 5.56 Å². The second-order valence-electron chi connectivity index (χ2n) is 3.57. The lowest BCUT2D eigenvalue weighted by Crippen LogP contribution is -2.36. The van der Waals surface area contributed by atoms with Crippen LogP contribution in [0, 0.1) is 0 Å². The second kappa shape index (κ2) is 6.85. The molecule has 1 rings (SSSR count). The summed E-state index contributed by atoms with van der Waals surface area (Å²) in [6.07, 6.45) is 2.36. The summed E-state index contributed by atoms with van der Waals surface area (Å²) in [7, 11) is 2.96. The van der Waals surface area contributed by atoms with Crippen molar-refractivity contribution in [3.8, 4) is 5.88 Å². The van der Waals surface area contributed by atoms with E-state index in [0.29, 0.717) is 18.8 Å². The Bertz CT molecular complexity index is 369. The van der Waals surface area contributed by atoms with E-state index >= 15 is 0 Å². The number of methoxy groups -OCH3 is 2. The summed E-state index contributed by atoms with van der Waals surface area (Å²) in [5, 5.41) is 3.13. The van der Waals surface area contributed by atoms with Crippen molar-refractivity contribution in [2.75, 3.05) is 14.2 Å². The van der Waals surface area contributed by atoms with Crippen molar-refractivity contribution in [1.82, 2.24) is 10.3 Å². The zero-order valence-corrected chi connectivity index (χ0v) is 10.4. The van der Waals surface area contributed by atoms with Crippen molar-refractivity contribution in [1.29, 1.82) is 0 Å². The van der Waals surface area contributed by atoms with E-state index in [9.17, 15) is 4.79 Å². The molecule has 0 fully saturated rings. The molecule has 0 aliphatic heterocycles. The maximum Gasteiger partial charge on any atom is 0.322 e. The van der Waals surface area contributed by atoms with E-state index in [1.54, 1.807) is 13.3 Å². The number of esters is 1. The van der Waals surface area contributed by atoms with Crippen molar-refractivity contribution in [2.45, 2.75) is 25.9 Å². The number of aromatic nitrogens is 1. The van der Waals surface area contributed by atoms with Crippen LogP contribution in [-0.4, -0.2) is 31.2 Å². The molecule has 0 radical (unpaired) electrons. The van der Waals surface area contributed by atoms with E-state index in [1.165, 1.54) is 7.11 Å². The fourth-order valence-corrected chi connectivity index (χ4v) is 1.45. The number of carbonyl (C=O) groups excluding carboxylic acids is 1. The van der Waals surface area contributed by atoms with Crippen LogP contribution < -0.4 is 10.1 Å². The first-order valence-corrected chi connectivity index (χ1v) is 5.51. The van der Waals surface area contributed by atoms with E-state index in [-0.39, 0.29) is 12.0 Å². The zero-order valence-electron chi connectivity index (χ0n) is 10.4. The highest BCUT2D eigenvalue weighted by atomic mass is 16.5. The Labute approximate surface area is 101 Å². The first kappa shape index (κ1) is 13.4. The van der Waals surface area contributed by atoms with Gasteiger partial charge in [0.2, 0.25) is 5.88 Å². The predicted octanol–water partition coefficient (Wildman–Crippen LogP) is 1.13. The van der Waals surface area contributed by atoms with E-state index in [4.69, 9.17) is 9.47 Å². The van der Waals surface area contributed by atoms with Gasteiger partial charge in [-0.15, -0.1) is 0 Å². The Hall–Kier alpha value is -1.62. The molecule has 1 heterocycles. The molecule has 5 nitrogen and oxygen atoms in total. The first-order valence-electron chi connectivity index (χ1n) is 5.51. The molecule has 0 spiro atoms. The SMILES string of the molecule is CCC(NCc1ccnc(OC)c1)C(=O)OC. The zero-order chi connectivity index (χ0) is 12.7. The molecule has 1 atom stereocenters. The van der Waals surface area contributed by atoms with Gasteiger partial charge >= 0.3 is 5.97 Å². The van der Waals surface area contributed by atoms with Gasteiger partial charge in [-0.3, -0.25) is 4.79 Å². The third-order valence-corrected chi connectivity index (χ3v) is 2.45. The molecular formula is C12H18N2O3. The lowest BCUT2D eigenvalue weighted by atomic mass is 10.2. The topological polar surface area (TPSA) is 60.5 Å². The van der Waals surface area contributed by atoms with Crippen LogP contribution in [0.25, 0.3) is 0 Å². The van der Waals surface area contributed by atoms with E-state index in [1.807, 2.05) is 19.1 Å². The van der Waals surface area contributed by atoms with Gasteiger partial charge in [0, 0.05) is 18.8 Å². The Morgan fingerprint density at radius 1 is 1.53 bits per heavy atom. The molecular weight excluding hydrogens is 220 g/mol. The Kier molecular flexibility index (Phi) is 5.42.